The van der Waals surface area contributed by atoms with E-state index in [0.717, 1.165) is 17.7 Å². The van der Waals surface area contributed by atoms with Crippen LogP contribution in [0, 0.1) is 0 Å². The third kappa shape index (κ3) is 4.89. The van der Waals surface area contributed by atoms with E-state index in [4.69, 9.17) is 5.11 Å². The largest absolute Gasteiger partial charge is 0.478 e. The predicted octanol–water partition coefficient (Wildman–Crippen LogP) is 1.92. The zero-order valence-corrected chi connectivity index (χ0v) is 14.4. The summed E-state index contributed by atoms with van der Waals surface area (Å²) in [5.74, 6) is -1.09. The van der Waals surface area contributed by atoms with Crippen LogP contribution in [-0.4, -0.2) is 38.5 Å². The molecule has 7 heteroatoms. The van der Waals surface area contributed by atoms with E-state index in [1.165, 1.54) is 24.3 Å². The van der Waals surface area contributed by atoms with Gasteiger partial charge in [0, 0.05) is 13.1 Å². The van der Waals surface area contributed by atoms with Gasteiger partial charge in [0.15, 0.2) is 0 Å². The van der Waals surface area contributed by atoms with Crippen molar-refractivity contribution in [2.45, 2.75) is 18.0 Å². The Labute approximate surface area is 141 Å². The van der Waals surface area contributed by atoms with Crippen molar-refractivity contribution in [3.8, 4) is 0 Å². The molecule has 0 unspecified atom stereocenters. The van der Waals surface area contributed by atoms with Gasteiger partial charge in [0.2, 0.25) is 10.0 Å². The van der Waals surface area contributed by atoms with Gasteiger partial charge in [-0.15, -0.1) is 0 Å². The number of nitrogens with zero attached hydrogens (tertiary/aromatic N) is 1. The lowest BCUT2D eigenvalue weighted by Gasteiger charge is -2.11. The number of carboxylic acids is 1. The Kier molecular flexibility index (Phi) is 5.71. The zero-order chi connectivity index (χ0) is 17.7. The lowest BCUT2D eigenvalue weighted by molar-refractivity contribution is 0.0696. The topological polar surface area (TPSA) is 86.7 Å². The summed E-state index contributed by atoms with van der Waals surface area (Å²) in [5.41, 5.74) is 2.05. The lowest BCUT2D eigenvalue weighted by Crippen LogP contribution is -2.23. The van der Waals surface area contributed by atoms with Gasteiger partial charge in [-0.1, -0.05) is 24.3 Å². The van der Waals surface area contributed by atoms with Crippen LogP contribution < -0.4 is 4.72 Å². The average Bonchev–Trinajstić information content (AvgIpc) is 2.54. The molecule has 0 saturated heterocycles. The second-order valence-electron chi connectivity index (χ2n) is 5.71. The second kappa shape index (κ2) is 7.57. The minimum absolute atomic E-state index is 0.0386. The monoisotopic (exact) mass is 348 g/mol. The van der Waals surface area contributed by atoms with Crippen molar-refractivity contribution >= 4 is 16.0 Å². The fourth-order valence-corrected chi connectivity index (χ4v) is 3.18. The summed E-state index contributed by atoms with van der Waals surface area (Å²) < 4.78 is 27.0. The third-order valence-electron chi connectivity index (χ3n) is 3.40. The number of benzene rings is 2. The Balaban J connectivity index is 2.03. The lowest BCUT2D eigenvalue weighted by atomic mass is 10.1. The van der Waals surface area contributed by atoms with Crippen LogP contribution in [0.3, 0.4) is 0 Å². The molecule has 2 aromatic rings. The summed E-state index contributed by atoms with van der Waals surface area (Å²) in [6, 6.07) is 12.8. The third-order valence-corrected chi connectivity index (χ3v) is 4.82. The minimum Gasteiger partial charge on any atom is -0.478 e. The molecule has 0 bridgehead atoms. The highest BCUT2D eigenvalue weighted by Gasteiger charge is 2.14. The highest BCUT2D eigenvalue weighted by molar-refractivity contribution is 7.89. The van der Waals surface area contributed by atoms with Gasteiger partial charge in [0.25, 0.3) is 0 Å². The highest BCUT2D eigenvalue weighted by Crippen LogP contribution is 2.12. The van der Waals surface area contributed by atoms with Gasteiger partial charge in [-0.05, 0) is 49.5 Å². The molecule has 0 aliphatic carbocycles. The Morgan fingerprint density at radius 3 is 2.04 bits per heavy atom. The van der Waals surface area contributed by atoms with E-state index in [0.29, 0.717) is 0 Å². The summed E-state index contributed by atoms with van der Waals surface area (Å²) in [7, 11) is 0.286. The van der Waals surface area contributed by atoms with Crippen LogP contribution in [0.5, 0.6) is 0 Å². The standard InChI is InChI=1S/C17H20N2O4S/c1-19(2)12-14-5-3-13(4-6-14)11-18-24(22,23)16-9-7-15(8-10-16)17(20)21/h3-10,18H,11-12H2,1-2H3,(H,20,21). The van der Waals surface area contributed by atoms with E-state index in [2.05, 4.69) is 9.62 Å². The molecule has 0 aliphatic heterocycles. The van der Waals surface area contributed by atoms with Crippen molar-refractivity contribution in [2.24, 2.45) is 0 Å². The van der Waals surface area contributed by atoms with Crippen molar-refractivity contribution in [1.82, 2.24) is 9.62 Å². The summed E-state index contributed by atoms with van der Waals surface area (Å²) in [6.07, 6.45) is 0. The Hall–Kier alpha value is -2.22. The van der Waals surface area contributed by atoms with Gasteiger partial charge in [0.05, 0.1) is 10.5 Å². The van der Waals surface area contributed by atoms with Gasteiger partial charge in [-0.2, -0.15) is 0 Å². The molecule has 128 valence electrons. The average molecular weight is 348 g/mol. The molecule has 0 saturated carbocycles. The maximum Gasteiger partial charge on any atom is 0.335 e. The van der Waals surface area contributed by atoms with Gasteiger partial charge < -0.3 is 10.0 Å². The molecule has 2 N–H and O–H groups in total. The van der Waals surface area contributed by atoms with Gasteiger partial charge in [0.1, 0.15) is 0 Å². The maximum atomic E-state index is 12.2. The fraction of sp³-hybridized carbons (Fsp3) is 0.235. The number of carbonyl (C=O) groups is 1. The molecule has 0 amide bonds. The molecule has 2 aromatic carbocycles. The summed E-state index contributed by atoms with van der Waals surface area (Å²) in [4.78, 5) is 12.9. The molecule has 0 radical (unpaired) electrons. The van der Waals surface area contributed by atoms with Gasteiger partial charge in [-0.25, -0.2) is 17.9 Å². The highest BCUT2D eigenvalue weighted by atomic mass is 32.2. The van der Waals surface area contributed by atoms with Crippen LogP contribution in [0.1, 0.15) is 21.5 Å². The van der Waals surface area contributed by atoms with Crippen LogP contribution in [0.15, 0.2) is 53.4 Å². The Morgan fingerprint density at radius 1 is 1.00 bits per heavy atom. The van der Waals surface area contributed by atoms with Crippen LogP contribution in [0.25, 0.3) is 0 Å². The molecule has 0 aromatic heterocycles. The van der Waals surface area contributed by atoms with E-state index in [9.17, 15) is 13.2 Å². The van der Waals surface area contributed by atoms with E-state index in [-0.39, 0.29) is 17.0 Å². The second-order valence-corrected chi connectivity index (χ2v) is 7.48. The normalized spacial score (nSPS) is 11.6. The Bertz CT molecular complexity index is 797. The molecule has 24 heavy (non-hydrogen) atoms. The number of sulfonamides is 1. The number of carboxylic acid groups (broad SMARTS) is 1. The zero-order valence-electron chi connectivity index (χ0n) is 13.6. The van der Waals surface area contributed by atoms with Crippen LogP contribution in [0.2, 0.25) is 0 Å². The molecule has 0 atom stereocenters. The molecular weight excluding hydrogens is 328 g/mol. The number of hydrogen-bond acceptors (Lipinski definition) is 4. The van der Waals surface area contributed by atoms with E-state index >= 15 is 0 Å². The predicted molar refractivity (Wildman–Crippen MR) is 91.3 cm³/mol. The Morgan fingerprint density at radius 2 is 1.54 bits per heavy atom. The number of rotatable bonds is 7. The maximum absolute atomic E-state index is 12.2. The minimum atomic E-state index is -3.68. The molecule has 0 heterocycles. The number of aromatic carboxylic acids is 1. The summed E-state index contributed by atoms with van der Waals surface area (Å²) in [5, 5.41) is 8.84. The van der Waals surface area contributed by atoms with Crippen molar-refractivity contribution in [3.63, 3.8) is 0 Å². The van der Waals surface area contributed by atoms with Crippen molar-refractivity contribution in [2.75, 3.05) is 14.1 Å². The van der Waals surface area contributed by atoms with E-state index < -0.39 is 16.0 Å². The van der Waals surface area contributed by atoms with Crippen molar-refractivity contribution in [3.05, 3.63) is 65.2 Å². The quantitative estimate of drug-likeness (QED) is 0.798. The smallest absolute Gasteiger partial charge is 0.335 e. The summed E-state index contributed by atoms with van der Waals surface area (Å²) >= 11 is 0. The van der Waals surface area contributed by atoms with Gasteiger partial charge >= 0.3 is 5.97 Å². The molecule has 2 rings (SSSR count). The van der Waals surface area contributed by atoms with Crippen molar-refractivity contribution < 1.29 is 18.3 Å². The first-order chi connectivity index (χ1) is 11.3. The summed E-state index contributed by atoms with van der Waals surface area (Å²) in [6.45, 7) is 0.993. The number of hydrogen-bond donors (Lipinski definition) is 2. The van der Waals surface area contributed by atoms with Crippen LogP contribution in [0.4, 0.5) is 0 Å². The molecule has 0 spiro atoms. The SMILES string of the molecule is CN(C)Cc1ccc(CNS(=O)(=O)c2ccc(C(=O)O)cc2)cc1. The molecule has 0 aliphatic rings. The van der Waals surface area contributed by atoms with Crippen LogP contribution >= 0.6 is 0 Å². The molecular formula is C17H20N2O4S. The van der Waals surface area contributed by atoms with Crippen LogP contribution in [-0.2, 0) is 23.1 Å². The first-order valence-electron chi connectivity index (χ1n) is 7.33. The van der Waals surface area contributed by atoms with E-state index in [1.54, 1.807) is 0 Å². The molecule has 0 fully saturated rings. The van der Waals surface area contributed by atoms with Gasteiger partial charge in [-0.3, -0.25) is 0 Å². The van der Waals surface area contributed by atoms with E-state index in [1.807, 2.05) is 38.4 Å². The molecule has 6 nitrogen and oxygen atoms in total. The fourth-order valence-electron chi connectivity index (χ4n) is 2.17. The first kappa shape index (κ1) is 18.1. The number of nitrogens with one attached hydrogen (secondary N) is 1. The van der Waals surface area contributed by atoms with Crippen molar-refractivity contribution in [1.29, 1.82) is 0 Å². The first-order valence-corrected chi connectivity index (χ1v) is 8.82.